The topological polar surface area (TPSA) is 71.0 Å². The van der Waals surface area contributed by atoms with Crippen molar-refractivity contribution in [2.45, 2.75) is 17.2 Å². The summed E-state index contributed by atoms with van der Waals surface area (Å²) in [6.07, 6.45) is 3.99. The van der Waals surface area contributed by atoms with E-state index in [9.17, 15) is 4.79 Å². The fourth-order valence-corrected chi connectivity index (χ4v) is 3.95. The van der Waals surface area contributed by atoms with Crippen LogP contribution < -0.4 is 10.2 Å². The molecule has 2 aromatic rings. The van der Waals surface area contributed by atoms with E-state index in [0.29, 0.717) is 5.69 Å². The summed E-state index contributed by atoms with van der Waals surface area (Å²) in [6, 6.07) is 3.44. The maximum absolute atomic E-state index is 11.9. The highest BCUT2D eigenvalue weighted by molar-refractivity contribution is 8.01. The molecule has 3 rings (SSSR count). The first-order chi connectivity index (χ1) is 10.7. The van der Waals surface area contributed by atoms with Crippen molar-refractivity contribution in [1.82, 2.24) is 15.2 Å². The van der Waals surface area contributed by atoms with Gasteiger partial charge in [0.25, 0.3) is 0 Å². The van der Waals surface area contributed by atoms with E-state index in [1.165, 1.54) is 35.9 Å². The van der Waals surface area contributed by atoms with Gasteiger partial charge in [-0.3, -0.25) is 4.79 Å². The standard InChI is InChI=1S/C13H14ClN5OS2/c14-11-9(4-3-5-15-11)16-10(20)8-21-13-18-17-12(22-13)19-6-1-2-7-19/h3-5H,1-2,6-8H2,(H,16,20). The van der Waals surface area contributed by atoms with Crippen LogP contribution in [-0.4, -0.2) is 39.9 Å². The molecule has 9 heteroatoms. The summed E-state index contributed by atoms with van der Waals surface area (Å²) in [5.74, 6) is 0.123. The van der Waals surface area contributed by atoms with Crippen LogP contribution in [0.25, 0.3) is 0 Å². The summed E-state index contributed by atoms with van der Waals surface area (Å²) in [5.41, 5.74) is 0.518. The number of nitrogens with zero attached hydrogens (tertiary/aromatic N) is 4. The zero-order chi connectivity index (χ0) is 15.4. The first-order valence-corrected chi connectivity index (χ1v) is 9.02. The average Bonchev–Trinajstić information content (AvgIpc) is 3.18. The van der Waals surface area contributed by atoms with Gasteiger partial charge in [0.1, 0.15) is 0 Å². The summed E-state index contributed by atoms with van der Waals surface area (Å²) in [7, 11) is 0. The van der Waals surface area contributed by atoms with Crippen LogP contribution in [0.15, 0.2) is 22.7 Å². The molecule has 0 radical (unpaired) electrons. The van der Waals surface area contributed by atoms with Crippen molar-refractivity contribution in [2.24, 2.45) is 0 Å². The van der Waals surface area contributed by atoms with Crippen LogP contribution in [0.4, 0.5) is 10.8 Å². The van der Waals surface area contributed by atoms with Gasteiger partial charge in [-0.1, -0.05) is 34.7 Å². The number of anilines is 2. The molecule has 0 atom stereocenters. The molecule has 0 aromatic carbocycles. The van der Waals surface area contributed by atoms with Crippen molar-refractivity contribution < 1.29 is 4.79 Å². The van der Waals surface area contributed by atoms with Crippen LogP contribution in [0, 0.1) is 0 Å². The molecule has 1 fully saturated rings. The Bertz CT molecular complexity index is 659. The molecule has 0 bridgehead atoms. The van der Waals surface area contributed by atoms with Crippen molar-refractivity contribution >= 4 is 51.4 Å². The molecule has 116 valence electrons. The van der Waals surface area contributed by atoms with E-state index in [4.69, 9.17) is 11.6 Å². The van der Waals surface area contributed by atoms with E-state index in [-0.39, 0.29) is 16.8 Å². The Kier molecular flexibility index (Phi) is 5.12. The number of aromatic nitrogens is 3. The number of thioether (sulfide) groups is 1. The van der Waals surface area contributed by atoms with E-state index in [1.54, 1.807) is 18.3 Å². The molecule has 1 N–H and O–H groups in total. The van der Waals surface area contributed by atoms with Crippen molar-refractivity contribution in [1.29, 1.82) is 0 Å². The molecule has 0 spiro atoms. The van der Waals surface area contributed by atoms with E-state index < -0.39 is 0 Å². The first-order valence-electron chi connectivity index (χ1n) is 6.84. The number of hydrogen-bond donors (Lipinski definition) is 1. The SMILES string of the molecule is O=C(CSc1nnc(N2CCCC2)s1)Nc1cccnc1Cl. The normalized spacial score (nSPS) is 14.3. The Labute approximate surface area is 141 Å². The van der Waals surface area contributed by atoms with E-state index in [1.807, 2.05) is 0 Å². The number of carbonyl (C=O) groups is 1. The van der Waals surface area contributed by atoms with Gasteiger partial charge in [0.15, 0.2) is 9.49 Å². The highest BCUT2D eigenvalue weighted by atomic mass is 35.5. The molecular formula is C13H14ClN5OS2. The first kappa shape index (κ1) is 15.5. The number of rotatable bonds is 5. The third kappa shape index (κ3) is 3.88. The lowest BCUT2D eigenvalue weighted by Crippen LogP contribution is -2.17. The minimum atomic E-state index is -0.141. The molecule has 0 aliphatic carbocycles. The van der Waals surface area contributed by atoms with Crippen LogP contribution in [0.2, 0.25) is 5.15 Å². The monoisotopic (exact) mass is 355 g/mol. The van der Waals surface area contributed by atoms with E-state index >= 15 is 0 Å². The zero-order valence-electron chi connectivity index (χ0n) is 11.7. The molecule has 0 unspecified atom stereocenters. The number of amides is 1. The number of pyridine rings is 1. The van der Waals surface area contributed by atoms with Gasteiger partial charge >= 0.3 is 0 Å². The summed E-state index contributed by atoms with van der Waals surface area (Å²) in [6.45, 7) is 2.08. The summed E-state index contributed by atoms with van der Waals surface area (Å²) in [5, 5.41) is 12.3. The van der Waals surface area contributed by atoms with E-state index in [2.05, 4.69) is 25.4 Å². The highest BCUT2D eigenvalue weighted by Crippen LogP contribution is 2.30. The lowest BCUT2D eigenvalue weighted by molar-refractivity contribution is -0.113. The summed E-state index contributed by atoms with van der Waals surface area (Å²) in [4.78, 5) is 18.1. The molecule has 1 saturated heterocycles. The molecule has 1 amide bonds. The molecule has 6 nitrogen and oxygen atoms in total. The van der Waals surface area contributed by atoms with Crippen LogP contribution in [-0.2, 0) is 4.79 Å². The Hall–Kier alpha value is -1.38. The number of halogens is 1. The third-order valence-corrected chi connectivity index (χ3v) is 5.55. The molecule has 2 aromatic heterocycles. The molecule has 0 saturated carbocycles. The second-order valence-corrected chi connectivity index (χ2v) is 7.26. The maximum atomic E-state index is 11.9. The van der Waals surface area contributed by atoms with Crippen molar-refractivity contribution in [3.8, 4) is 0 Å². The second kappa shape index (κ2) is 7.26. The maximum Gasteiger partial charge on any atom is 0.234 e. The van der Waals surface area contributed by atoms with Gasteiger partial charge in [0, 0.05) is 19.3 Å². The van der Waals surface area contributed by atoms with Gasteiger partial charge in [-0.25, -0.2) is 4.98 Å². The van der Waals surface area contributed by atoms with Crippen LogP contribution >= 0.6 is 34.7 Å². The number of carbonyl (C=O) groups excluding carboxylic acids is 1. The second-order valence-electron chi connectivity index (χ2n) is 4.72. The number of hydrogen-bond acceptors (Lipinski definition) is 7. The molecule has 3 heterocycles. The Morgan fingerprint density at radius 2 is 2.23 bits per heavy atom. The highest BCUT2D eigenvalue weighted by Gasteiger charge is 2.17. The van der Waals surface area contributed by atoms with Gasteiger partial charge < -0.3 is 10.2 Å². The average molecular weight is 356 g/mol. The van der Waals surface area contributed by atoms with Crippen LogP contribution in [0.1, 0.15) is 12.8 Å². The largest absolute Gasteiger partial charge is 0.347 e. The molecule has 1 aliphatic rings. The lowest BCUT2D eigenvalue weighted by atomic mass is 10.4. The lowest BCUT2D eigenvalue weighted by Gasteiger charge is -2.10. The number of nitrogens with one attached hydrogen (secondary N) is 1. The van der Waals surface area contributed by atoms with Gasteiger partial charge in [-0.05, 0) is 25.0 Å². The fraction of sp³-hybridized carbons (Fsp3) is 0.385. The van der Waals surface area contributed by atoms with E-state index in [0.717, 1.165) is 22.6 Å². The summed E-state index contributed by atoms with van der Waals surface area (Å²) >= 11 is 8.81. The predicted molar refractivity (Wildman–Crippen MR) is 90.0 cm³/mol. The molecule has 1 aliphatic heterocycles. The minimum absolute atomic E-state index is 0.141. The van der Waals surface area contributed by atoms with Crippen LogP contribution in [0.5, 0.6) is 0 Å². The quantitative estimate of drug-likeness (QED) is 0.656. The summed E-state index contributed by atoms with van der Waals surface area (Å²) < 4.78 is 0.800. The van der Waals surface area contributed by atoms with Crippen molar-refractivity contribution in [3.05, 3.63) is 23.5 Å². The fourth-order valence-electron chi connectivity index (χ4n) is 2.09. The van der Waals surface area contributed by atoms with Gasteiger partial charge in [0.2, 0.25) is 11.0 Å². The minimum Gasteiger partial charge on any atom is -0.347 e. The van der Waals surface area contributed by atoms with Crippen molar-refractivity contribution in [2.75, 3.05) is 29.1 Å². The Morgan fingerprint density at radius 1 is 1.41 bits per heavy atom. The predicted octanol–water partition coefficient (Wildman–Crippen LogP) is 2.92. The van der Waals surface area contributed by atoms with Gasteiger partial charge in [0.05, 0.1) is 11.4 Å². The smallest absolute Gasteiger partial charge is 0.234 e. The van der Waals surface area contributed by atoms with Crippen LogP contribution in [0.3, 0.4) is 0 Å². The third-order valence-electron chi connectivity index (χ3n) is 3.13. The molecular weight excluding hydrogens is 342 g/mol. The Morgan fingerprint density at radius 3 is 3.00 bits per heavy atom. The molecule has 22 heavy (non-hydrogen) atoms. The van der Waals surface area contributed by atoms with Gasteiger partial charge in [-0.15, -0.1) is 10.2 Å². The Balaban J connectivity index is 1.52. The van der Waals surface area contributed by atoms with Gasteiger partial charge in [-0.2, -0.15) is 0 Å². The van der Waals surface area contributed by atoms with Crippen molar-refractivity contribution in [3.63, 3.8) is 0 Å². The zero-order valence-corrected chi connectivity index (χ0v) is 14.0.